The van der Waals surface area contributed by atoms with Gasteiger partial charge in [-0.3, -0.25) is 43.2 Å². The van der Waals surface area contributed by atoms with Gasteiger partial charge in [-0.05, 0) is 44.9 Å². The van der Waals surface area contributed by atoms with E-state index in [0.717, 1.165) is 0 Å². The van der Waals surface area contributed by atoms with Gasteiger partial charge < -0.3 is 58.2 Å². The second-order valence-corrected chi connectivity index (χ2v) is 14.9. The van der Waals surface area contributed by atoms with E-state index in [1.165, 1.54) is 27.2 Å². The number of rotatable bonds is 19. The predicted octanol–water partition coefficient (Wildman–Crippen LogP) is -4.57. The van der Waals surface area contributed by atoms with Crippen LogP contribution in [0.25, 0.3) is 0 Å². The number of primary amides is 2. The fraction of sp³-hybridized carbons (Fsp3) is 0.647. The quantitative estimate of drug-likeness (QED) is 0.0592. The molecule has 3 fully saturated rings. The van der Waals surface area contributed by atoms with E-state index in [-0.39, 0.29) is 56.8 Å². The predicted molar refractivity (Wildman–Crippen MR) is 209 cm³/mol. The van der Waals surface area contributed by atoms with Crippen molar-refractivity contribution in [2.75, 3.05) is 37.7 Å². The summed E-state index contributed by atoms with van der Waals surface area (Å²) < 4.78 is 0. The molecule has 0 aromatic carbocycles. The van der Waals surface area contributed by atoms with Gasteiger partial charge in [-0.15, -0.1) is 0 Å². The lowest BCUT2D eigenvalue weighted by Crippen LogP contribution is -2.58. The summed E-state index contributed by atoms with van der Waals surface area (Å²) in [4.78, 5) is 128. The number of H-pyrrole nitrogens is 1. The highest BCUT2D eigenvalue weighted by molar-refractivity contribution is 7.80. The first-order valence-corrected chi connectivity index (χ1v) is 20.0. The van der Waals surface area contributed by atoms with Gasteiger partial charge in [-0.1, -0.05) is 0 Å². The van der Waals surface area contributed by atoms with E-state index >= 15 is 0 Å². The lowest BCUT2D eigenvalue weighted by molar-refractivity contribution is -0.146. The molecule has 21 nitrogen and oxygen atoms in total. The third kappa shape index (κ3) is 11.8. The second kappa shape index (κ2) is 21.0. The molecule has 0 unspecified atom stereocenters. The molecule has 0 radical (unpaired) electrons. The van der Waals surface area contributed by atoms with Crippen molar-refractivity contribution < 1.29 is 43.2 Å². The van der Waals surface area contributed by atoms with E-state index in [1.807, 2.05) is 0 Å². The van der Waals surface area contributed by atoms with Crippen LogP contribution in [0.4, 0.5) is 0 Å². The summed E-state index contributed by atoms with van der Waals surface area (Å²) in [6.45, 7) is 0.118. The molecule has 3 aliphatic heterocycles. The number of nitrogens with zero attached hydrogens (tertiary/aromatic N) is 4. The Morgan fingerprint density at radius 3 is 1.95 bits per heavy atom. The number of nitrogens with two attached hydrogens (primary N) is 3. The number of hydrogen-bond donors (Lipinski definition) is 10. The van der Waals surface area contributed by atoms with E-state index in [0.29, 0.717) is 37.8 Å². The Bertz CT molecular complexity index is 1670. The van der Waals surface area contributed by atoms with Crippen LogP contribution in [-0.4, -0.2) is 158 Å². The zero-order valence-electron chi connectivity index (χ0n) is 31.4. The Kier molecular flexibility index (Phi) is 16.5. The van der Waals surface area contributed by atoms with Crippen molar-refractivity contribution in [3.8, 4) is 0 Å². The summed E-state index contributed by atoms with van der Waals surface area (Å²) in [7, 11) is 0. The van der Waals surface area contributed by atoms with Crippen LogP contribution < -0.4 is 38.5 Å². The lowest BCUT2D eigenvalue weighted by atomic mass is 10.1. The van der Waals surface area contributed by atoms with Crippen LogP contribution in [0.5, 0.6) is 0 Å². The van der Waals surface area contributed by atoms with E-state index < -0.39 is 102 Å². The molecule has 11 N–H and O–H groups in total. The number of aromatic amines is 1. The van der Waals surface area contributed by atoms with Crippen molar-refractivity contribution in [1.82, 2.24) is 45.9 Å². The average molecular weight is 837 g/mol. The van der Waals surface area contributed by atoms with Gasteiger partial charge in [-0.2, -0.15) is 25.3 Å². The van der Waals surface area contributed by atoms with Crippen molar-refractivity contribution in [3.63, 3.8) is 0 Å². The standard InChI is InChI=1S/C34H52N12O9S2/c35-19(15-56)29(50)42-21(12-18-13-38-17-40-18)33(54)45-10-1-4-23(45)31(52)41-20(7-8-26(36)47)30(51)39-14-27(48)44-9-3-6-25(44)34(55)46-11-2-5-24(46)32(53)43-22(16-57)28(37)49/h13,17,19-25,56-57H,1-12,14-16,35H2,(H2,36,47)(H2,37,49)(H,38,40)(H,39,51)(H,41,52)(H,42,50)(H,43,53)/t19-,20-,21-,22-,23-,24-,25-/m0/s1. The maximum Gasteiger partial charge on any atom is 0.246 e. The second-order valence-electron chi connectivity index (χ2n) is 14.2. The molecule has 3 saturated heterocycles. The molecule has 57 heavy (non-hydrogen) atoms. The molecule has 1 aromatic rings. The molecule has 1 aromatic heterocycles. The minimum absolute atomic E-state index is 0.0219. The minimum atomic E-state index is -1.33. The summed E-state index contributed by atoms with van der Waals surface area (Å²) in [6.07, 6.45) is 4.82. The van der Waals surface area contributed by atoms with Crippen LogP contribution >= 0.6 is 25.3 Å². The average Bonchev–Trinajstić information content (AvgIpc) is 4.03. The highest BCUT2D eigenvalue weighted by Gasteiger charge is 2.43. The van der Waals surface area contributed by atoms with E-state index in [1.54, 1.807) is 0 Å². The van der Waals surface area contributed by atoms with Gasteiger partial charge in [0, 0.05) is 55.9 Å². The summed E-state index contributed by atoms with van der Waals surface area (Å²) in [5.41, 5.74) is 17.1. The number of likely N-dealkylation sites (tertiary alicyclic amines) is 3. The molecular weight excluding hydrogens is 785 g/mol. The van der Waals surface area contributed by atoms with Gasteiger partial charge in [0.15, 0.2) is 0 Å². The molecular formula is C34H52N12O9S2. The molecule has 4 rings (SSSR count). The maximum absolute atomic E-state index is 13.8. The third-order valence-electron chi connectivity index (χ3n) is 10.2. The Morgan fingerprint density at radius 2 is 1.37 bits per heavy atom. The van der Waals surface area contributed by atoms with Crippen LogP contribution in [0.1, 0.15) is 57.1 Å². The topological polar surface area (TPSA) is 318 Å². The zero-order chi connectivity index (χ0) is 41.8. The SMILES string of the molecule is NC(=O)CC[C@H](NC(=O)[C@@H]1CCCN1C(=O)[C@H](Cc1cnc[nH]1)NC(=O)[C@@H](N)CS)C(=O)NCC(=O)N1CCC[C@H]1C(=O)N1CCC[C@H]1C(=O)N[C@@H](CS)C(N)=O. The van der Waals surface area contributed by atoms with Crippen LogP contribution in [-0.2, 0) is 49.6 Å². The number of carbonyl (C=O) groups is 9. The molecule has 23 heteroatoms. The van der Waals surface area contributed by atoms with E-state index in [2.05, 4.69) is 56.5 Å². The maximum atomic E-state index is 13.8. The zero-order valence-corrected chi connectivity index (χ0v) is 33.2. The first-order chi connectivity index (χ1) is 27.2. The number of nitrogens with one attached hydrogen (secondary N) is 5. The van der Waals surface area contributed by atoms with Crippen LogP contribution in [0.2, 0.25) is 0 Å². The van der Waals surface area contributed by atoms with Crippen LogP contribution in [0.15, 0.2) is 12.5 Å². The van der Waals surface area contributed by atoms with Gasteiger partial charge in [0.25, 0.3) is 0 Å². The molecule has 7 atom stereocenters. The van der Waals surface area contributed by atoms with Gasteiger partial charge in [0.05, 0.1) is 18.9 Å². The molecule has 3 aliphatic rings. The molecule has 0 aliphatic carbocycles. The molecule has 314 valence electrons. The molecule has 9 amide bonds. The largest absolute Gasteiger partial charge is 0.370 e. The fourth-order valence-corrected chi connectivity index (χ4v) is 7.62. The summed E-state index contributed by atoms with van der Waals surface area (Å²) in [5, 5.41) is 10.3. The smallest absolute Gasteiger partial charge is 0.246 e. The summed E-state index contributed by atoms with van der Waals surface area (Å²) in [6, 6.07) is -7.25. The Morgan fingerprint density at radius 1 is 0.772 bits per heavy atom. The van der Waals surface area contributed by atoms with Gasteiger partial charge in [0.1, 0.15) is 36.3 Å². The van der Waals surface area contributed by atoms with E-state index in [9.17, 15) is 43.2 Å². The number of hydrogen-bond acceptors (Lipinski definition) is 13. The lowest BCUT2D eigenvalue weighted by Gasteiger charge is -2.31. The molecule has 4 heterocycles. The normalized spacial score (nSPS) is 21.2. The number of carbonyl (C=O) groups excluding carboxylic acids is 9. The van der Waals surface area contributed by atoms with Crippen molar-refractivity contribution in [3.05, 3.63) is 18.2 Å². The Balaban J connectivity index is 1.39. The summed E-state index contributed by atoms with van der Waals surface area (Å²) in [5.74, 6) is -5.74. The first kappa shape index (κ1) is 44.8. The van der Waals surface area contributed by atoms with Gasteiger partial charge >= 0.3 is 0 Å². The molecule has 0 saturated carbocycles. The minimum Gasteiger partial charge on any atom is -0.370 e. The van der Waals surface area contributed by atoms with Crippen LogP contribution in [0.3, 0.4) is 0 Å². The van der Waals surface area contributed by atoms with Crippen molar-refractivity contribution in [2.45, 2.75) is 100 Å². The Hall–Kier alpha value is -4.90. The number of aromatic nitrogens is 2. The summed E-state index contributed by atoms with van der Waals surface area (Å²) >= 11 is 8.10. The van der Waals surface area contributed by atoms with Gasteiger partial charge in [-0.25, -0.2) is 4.98 Å². The monoisotopic (exact) mass is 836 g/mol. The molecule has 0 spiro atoms. The van der Waals surface area contributed by atoms with Crippen molar-refractivity contribution in [2.24, 2.45) is 17.2 Å². The fourth-order valence-electron chi connectivity index (χ4n) is 7.18. The van der Waals surface area contributed by atoms with Gasteiger partial charge in [0.2, 0.25) is 53.2 Å². The van der Waals surface area contributed by atoms with Crippen molar-refractivity contribution >= 4 is 78.4 Å². The first-order valence-electron chi connectivity index (χ1n) is 18.8. The van der Waals surface area contributed by atoms with E-state index in [4.69, 9.17) is 17.2 Å². The highest BCUT2D eigenvalue weighted by Crippen LogP contribution is 2.25. The number of thiol groups is 2. The van der Waals surface area contributed by atoms with Crippen LogP contribution in [0, 0.1) is 0 Å². The van der Waals surface area contributed by atoms with Crippen molar-refractivity contribution in [1.29, 1.82) is 0 Å². The Labute approximate surface area is 339 Å². The third-order valence-corrected chi connectivity index (χ3v) is 11.0. The highest BCUT2D eigenvalue weighted by atomic mass is 32.1. The molecule has 0 bridgehead atoms. The number of imidazole rings is 1. The number of amides is 9.